The van der Waals surface area contributed by atoms with Crippen LogP contribution >= 0.6 is 0 Å². The molecule has 1 amide bonds. The molecular formula is C14H23N3O3. The Bertz CT molecular complexity index is 498. The standard InChI is InChI=1S/C14H23N3O3/c1-7-20-13(19)10-8-11(14(2,3)4)15-17(10)9-12(18)16(5)6/h8H,7,9H2,1-6H3. The van der Waals surface area contributed by atoms with E-state index >= 15 is 0 Å². The highest BCUT2D eigenvalue weighted by Gasteiger charge is 2.24. The fourth-order valence-electron chi connectivity index (χ4n) is 1.54. The van der Waals surface area contributed by atoms with Crippen LogP contribution in [0.3, 0.4) is 0 Å². The van der Waals surface area contributed by atoms with E-state index in [9.17, 15) is 9.59 Å². The Morgan fingerprint density at radius 2 is 1.95 bits per heavy atom. The van der Waals surface area contributed by atoms with Crippen molar-refractivity contribution in [2.45, 2.75) is 39.7 Å². The molecule has 0 atom stereocenters. The van der Waals surface area contributed by atoms with E-state index in [2.05, 4.69) is 5.10 Å². The lowest BCUT2D eigenvalue weighted by Crippen LogP contribution is -2.28. The zero-order chi connectivity index (χ0) is 15.5. The monoisotopic (exact) mass is 281 g/mol. The average molecular weight is 281 g/mol. The summed E-state index contributed by atoms with van der Waals surface area (Å²) in [6, 6.07) is 1.70. The summed E-state index contributed by atoms with van der Waals surface area (Å²) < 4.78 is 6.43. The summed E-state index contributed by atoms with van der Waals surface area (Å²) >= 11 is 0. The largest absolute Gasteiger partial charge is 0.461 e. The molecule has 0 radical (unpaired) electrons. The van der Waals surface area contributed by atoms with Crippen molar-refractivity contribution in [3.8, 4) is 0 Å². The number of hydrogen-bond acceptors (Lipinski definition) is 4. The summed E-state index contributed by atoms with van der Waals surface area (Å²) in [6.07, 6.45) is 0. The molecule has 1 aromatic heterocycles. The van der Waals surface area contributed by atoms with E-state index < -0.39 is 5.97 Å². The molecular weight excluding hydrogens is 258 g/mol. The Morgan fingerprint density at radius 1 is 1.35 bits per heavy atom. The van der Waals surface area contributed by atoms with Gasteiger partial charge in [0.15, 0.2) is 0 Å². The molecule has 0 spiro atoms. The van der Waals surface area contributed by atoms with Gasteiger partial charge in [-0.2, -0.15) is 5.10 Å². The van der Waals surface area contributed by atoms with Gasteiger partial charge in [0.2, 0.25) is 5.91 Å². The van der Waals surface area contributed by atoms with Crippen LogP contribution in [0.25, 0.3) is 0 Å². The number of carbonyl (C=O) groups excluding carboxylic acids is 2. The van der Waals surface area contributed by atoms with Gasteiger partial charge in [-0.05, 0) is 13.0 Å². The van der Waals surface area contributed by atoms with E-state index in [1.807, 2.05) is 20.8 Å². The maximum absolute atomic E-state index is 11.9. The number of nitrogens with zero attached hydrogens (tertiary/aromatic N) is 3. The normalized spacial score (nSPS) is 11.3. The van der Waals surface area contributed by atoms with Crippen molar-refractivity contribution in [3.05, 3.63) is 17.5 Å². The average Bonchev–Trinajstić information content (AvgIpc) is 2.72. The van der Waals surface area contributed by atoms with E-state index in [0.717, 1.165) is 5.69 Å². The molecule has 6 heteroatoms. The van der Waals surface area contributed by atoms with Crippen LogP contribution in [0.1, 0.15) is 43.9 Å². The molecule has 0 aliphatic carbocycles. The zero-order valence-electron chi connectivity index (χ0n) is 13.1. The summed E-state index contributed by atoms with van der Waals surface area (Å²) in [5, 5.41) is 4.38. The highest BCUT2D eigenvalue weighted by atomic mass is 16.5. The SMILES string of the molecule is CCOC(=O)c1cc(C(C)(C)C)nn1CC(=O)N(C)C. The van der Waals surface area contributed by atoms with Gasteiger partial charge in [0.1, 0.15) is 12.2 Å². The van der Waals surface area contributed by atoms with Crippen LogP contribution in [0, 0.1) is 0 Å². The molecule has 0 bridgehead atoms. The Morgan fingerprint density at radius 3 is 2.40 bits per heavy atom. The van der Waals surface area contributed by atoms with Crippen molar-refractivity contribution in [3.63, 3.8) is 0 Å². The second-order valence-corrected chi connectivity index (χ2v) is 5.83. The number of ether oxygens (including phenoxy) is 1. The van der Waals surface area contributed by atoms with Crippen LogP contribution in [0.5, 0.6) is 0 Å². The predicted molar refractivity (Wildman–Crippen MR) is 75.6 cm³/mol. The van der Waals surface area contributed by atoms with Crippen molar-refractivity contribution in [1.29, 1.82) is 0 Å². The van der Waals surface area contributed by atoms with Gasteiger partial charge in [-0.3, -0.25) is 4.79 Å². The molecule has 0 unspecified atom stereocenters. The molecule has 6 nitrogen and oxygen atoms in total. The summed E-state index contributed by atoms with van der Waals surface area (Å²) in [4.78, 5) is 25.2. The van der Waals surface area contributed by atoms with Gasteiger partial charge in [-0.25, -0.2) is 9.48 Å². The Kier molecular flexibility index (Phi) is 4.92. The number of amides is 1. The summed E-state index contributed by atoms with van der Waals surface area (Å²) in [6.45, 7) is 8.06. The second-order valence-electron chi connectivity index (χ2n) is 5.83. The zero-order valence-corrected chi connectivity index (χ0v) is 13.1. The summed E-state index contributed by atoms with van der Waals surface area (Å²) in [5.74, 6) is -0.582. The number of likely N-dealkylation sites (N-methyl/N-ethyl adjacent to an activating group) is 1. The van der Waals surface area contributed by atoms with Crippen molar-refractivity contribution in [2.75, 3.05) is 20.7 Å². The highest BCUT2D eigenvalue weighted by Crippen LogP contribution is 2.22. The van der Waals surface area contributed by atoms with Gasteiger partial charge in [0.05, 0.1) is 12.3 Å². The van der Waals surface area contributed by atoms with Gasteiger partial charge in [-0.15, -0.1) is 0 Å². The van der Waals surface area contributed by atoms with E-state index in [0.29, 0.717) is 5.69 Å². The molecule has 0 aromatic carbocycles. The molecule has 0 saturated carbocycles. The summed E-state index contributed by atoms with van der Waals surface area (Å²) in [7, 11) is 3.33. The Balaban J connectivity index is 3.15. The van der Waals surface area contributed by atoms with Crippen molar-refractivity contribution in [1.82, 2.24) is 14.7 Å². The van der Waals surface area contributed by atoms with Crippen LogP contribution in [-0.4, -0.2) is 47.3 Å². The van der Waals surface area contributed by atoms with Crippen molar-refractivity contribution in [2.24, 2.45) is 0 Å². The fourth-order valence-corrected chi connectivity index (χ4v) is 1.54. The van der Waals surface area contributed by atoms with E-state index in [4.69, 9.17) is 4.74 Å². The molecule has 1 heterocycles. The number of esters is 1. The molecule has 0 saturated heterocycles. The maximum atomic E-state index is 11.9. The minimum absolute atomic E-state index is 0.0250. The van der Waals surface area contributed by atoms with Crippen LogP contribution in [-0.2, 0) is 21.5 Å². The Hall–Kier alpha value is -1.85. The quantitative estimate of drug-likeness (QED) is 0.783. The van der Waals surface area contributed by atoms with Gasteiger partial charge in [0, 0.05) is 19.5 Å². The van der Waals surface area contributed by atoms with E-state index in [1.165, 1.54) is 9.58 Å². The lowest BCUT2D eigenvalue weighted by atomic mass is 9.92. The minimum atomic E-state index is -0.456. The van der Waals surface area contributed by atoms with Gasteiger partial charge >= 0.3 is 5.97 Å². The third-order valence-corrected chi connectivity index (χ3v) is 2.82. The van der Waals surface area contributed by atoms with E-state index in [1.54, 1.807) is 27.1 Å². The van der Waals surface area contributed by atoms with Crippen molar-refractivity contribution >= 4 is 11.9 Å². The topological polar surface area (TPSA) is 64.4 Å². The molecule has 0 aliphatic heterocycles. The lowest BCUT2D eigenvalue weighted by molar-refractivity contribution is -0.129. The third-order valence-electron chi connectivity index (χ3n) is 2.82. The predicted octanol–water partition coefficient (Wildman–Crippen LogP) is 1.45. The second kappa shape index (κ2) is 6.07. The first-order valence-corrected chi connectivity index (χ1v) is 6.62. The Labute approximate surface area is 119 Å². The molecule has 1 rings (SSSR count). The third kappa shape index (κ3) is 3.82. The number of hydrogen-bond donors (Lipinski definition) is 0. The van der Waals surface area contributed by atoms with Crippen molar-refractivity contribution < 1.29 is 14.3 Å². The number of aromatic nitrogens is 2. The molecule has 0 fully saturated rings. The first-order chi connectivity index (χ1) is 9.16. The smallest absolute Gasteiger partial charge is 0.356 e. The first kappa shape index (κ1) is 16.2. The lowest BCUT2D eigenvalue weighted by Gasteiger charge is -2.14. The first-order valence-electron chi connectivity index (χ1n) is 6.62. The van der Waals surface area contributed by atoms with Gasteiger partial charge in [-0.1, -0.05) is 20.8 Å². The molecule has 0 N–H and O–H groups in total. The minimum Gasteiger partial charge on any atom is -0.461 e. The highest BCUT2D eigenvalue weighted by molar-refractivity contribution is 5.88. The summed E-state index contributed by atoms with van der Waals surface area (Å²) in [5.41, 5.74) is 0.868. The number of carbonyl (C=O) groups is 2. The molecule has 112 valence electrons. The van der Waals surface area contributed by atoms with Crippen LogP contribution < -0.4 is 0 Å². The molecule has 20 heavy (non-hydrogen) atoms. The van der Waals surface area contributed by atoms with Crippen LogP contribution in [0.15, 0.2) is 6.07 Å². The molecule has 0 aliphatic rings. The van der Waals surface area contributed by atoms with E-state index in [-0.39, 0.29) is 24.5 Å². The van der Waals surface area contributed by atoms with Crippen LogP contribution in [0.4, 0.5) is 0 Å². The van der Waals surface area contributed by atoms with Gasteiger partial charge < -0.3 is 9.64 Å². The van der Waals surface area contributed by atoms with Gasteiger partial charge in [0.25, 0.3) is 0 Å². The maximum Gasteiger partial charge on any atom is 0.356 e. The molecule has 1 aromatic rings. The van der Waals surface area contributed by atoms with Crippen LogP contribution in [0.2, 0.25) is 0 Å². The number of rotatable bonds is 4. The fraction of sp³-hybridized carbons (Fsp3) is 0.643.